The fourth-order valence-corrected chi connectivity index (χ4v) is 4.12. The van der Waals surface area contributed by atoms with Gasteiger partial charge in [0.05, 0.1) is 10.6 Å². The van der Waals surface area contributed by atoms with E-state index in [0.717, 1.165) is 6.42 Å². The highest BCUT2D eigenvalue weighted by atomic mass is 32.2. The molecule has 2 aromatic carbocycles. The third-order valence-electron chi connectivity index (χ3n) is 4.71. The molecule has 0 aliphatic rings. The van der Waals surface area contributed by atoms with Gasteiger partial charge in [0.2, 0.25) is 5.89 Å². The van der Waals surface area contributed by atoms with Gasteiger partial charge < -0.3 is 9.73 Å². The largest absolute Gasteiger partial charge is 0.441 e. The van der Waals surface area contributed by atoms with Crippen molar-refractivity contribution in [1.29, 1.82) is 0 Å². The first kappa shape index (κ1) is 20.8. The van der Waals surface area contributed by atoms with E-state index in [-0.39, 0.29) is 22.6 Å². The lowest BCUT2D eigenvalue weighted by Crippen LogP contribution is -2.31. The molecule has 1 amide bonds. The fourth-order valence-electron chi connectivity index (χ4n) is 2.75. The van der Waals surface area contributed by atoms with E-state index in [9.17, 15) is 13.2 Å². The Bertz CT molecular complexity index is 1090. The Balaban J connectivity index is 1.79. The van der Waals surface area contributed by atoms with Gasteiger partial charge in [0.15, 0.2) is 9.84 Å². The van der Waals surface area contributed by atoms with Crippen LogP contribution in [0.15, 0.2) is 63.9 Å². The highest BCUT2D eigenvalue weighted by Crippen LogP contribution is 2.25. The van der Waals surface area contributed by atoms with Crippen molar-refractivity contribution >= 4 is 15.7 Å². The average molecular weight is 413 g/mol. The molecule has 0 aliphatic heterocycles. The number of hydrogen-bond acceptors (Lipinski definition) is 5. The van der Waals surface area contributed by atoms with Crippen LogP contribution in [0.1, 0.15) is 42.1 Å². The highest BCUT2D eigenvalue weighted by molar-refractivity contribution is 7.90. The van der Waals surface area contributed by atoms with Gasteiger partial charge in [-0.15, -0.1) is 0 Å². The minimum atomic E-state index is -3.51. The first-order chi connectivity index (χ1) is 13.8. The molecule has 6 nitrogen and oxygen atoms in total. The van der Waals surface area contributed by atoms with E-state index in [1.165, 1.54) is 0 Å². The molecule has 0 fully saturated rings. The molecule has 0 saturated carbocycles. The van der Waals surface area contributed by atoms with Crippen molar-refractivity contribution in [3.63, 3.8) is 0 Å². The fraction of sp³-hybridized carbons (Fsp3) is 0.273. The van der Waals surface area contributed by atoms with Crippen LogP contribution in [0.3, 0.4) is 0 Å². The van der Waals surface area contributed by atoms with Crippen molar-refractivity contribution in [2.75, 3.05) is 0 Å². The van der Waals surface area contributed by atoms with Crippen molar-refractivity contribution in [2.45, 2.75) is 43.9 Å². The number of amides is 1. The molecule has 1 N–H and O–H groups in total. The number of hydrogen-bond donors (Lipinski definition) is 1. The summed E-state index contributed by atoms with van der Waals surface area (Å²) in [5.41, 5.74) is 1.60. The Morgan fingerprint density at radius 3 is 2.38 bits per heavy atom. The van der Waals surface area contributed by atoms with Crippen LogP contribution < -0.4 is 5.32 Å². The third-order valence-corrected chi connectivity index (χ3v) is 6.35. The summed E-state index contributed by atoms with van der Waals surface area (Å²) in [6, 6.07) is 15.3. The average Bonchev–Trinajstić information content (AvgIpc) is 3.08. The molecule has 0 radical (unpaired) electrons. The van der Waals surface area contributed by atoms with Gasteiger partial charge in [-0.1, -0.05) is 25.1 Å². The van der Waals surface area contributed by atoms with Crippen LogP contribution in [0.2, 0.25) is 0 Å². The molecule has 0 aliphatic carbocycles. The summed E-state index contributed by atoms with van der Waals surface area (Å²) in [7, 11) is -3.51. The molecule has 3 aromatic rings. The number of benzene rings is 2. The molecule has 7 heteroatoms. The van der Waals surface area contributed by atoms with Gasteiger partial charge in [0, 0.05) is 17.2 Å². The zero-order valence-electron chi connectivity index (χ0n) is 16.7. The lowest BCUT2D eigenvalue weighted by molar-refractivity contribution is 0.0939. The molecule has 0 saturated heterocycles. The summed E-state index contributed by atoms with van der Waals surface area (Å²) in [4.78, 5) is 16.8. The van der Waals surface area contributed by atoms with Crippen LogP contribution >= 0.6 is 0 Å². The Hall–Kier alpha value is -2.93. The molecule has 0 bridgehead atoms. The monoisotopic (exact) mass is 412 g/mol. The second-order valence-corrected chi connectivity index (χ2v) is 8.94. The van der Waals surface area contributed by atoms with E-state index < -0.39 is 9.84 Å². The van der Waals surface area contributed by atoms with Crippen LogP contribution in [-0.2, 0) is 15.6 Å². The number of carbonyl (C=O) groups is 1. The summed E-state index contributed by atoms with van der Waals surface area (Å²) >= 11 is 0. The van der Waals surface area contributed by atoms with Crippen molar-refractivity contribution in [3.8, 4) is 11.5 Å². The number of aromatic nitrogens is 1. The maximum absolute atomic E-state index is 12.6. The summed E-state index contributed by atoms with van der Waals surface area (Å²) in [6.45, 7) is 5.65. The van der Waals surface area contributed by atoms with Crippen LogP contribution in [-0.4, -0.2) is 25.4 Å². The summed E-state index contributed by atoms with van der Waals surface area (Å²) in [5, 5.41) is 2.91. The second-order valence-electron chi connectivity index (χ2n) is 6.95. The first-order valence-electron chi connectivity index (χ1n) is 9.45. The predicted molar refractivity (Wildman–Crippen MR) is 111 cm³/mol. The summed E-state index contributed by atoms with van der Waals surface area (Å²) < 4.78 is 30.9. The third kappa shape index (κ3) is 4.92. The van der Waals surface area contributed by atoms with Crippen molar-refractivity contribution < 1.29 is 17.6 Å². The molecular weight excluding hydrogens is 388 g/mol. The van der Waals surface area contributed by atoms with Crippen molar-refractivity contribution in [3.05, 3.63) is 71.6 Å². The Morgan fingerprint density at radius 2 is 1.76 bits per heavy atom. The van der Waals surface area contributed by atoms with Crippen LogP contribution in [0.4, 0.5) is 0 Å². The van der Waals surface area contributed by atoms with E-state index in [4.69, 9.17) is 4.42 Å². The smallest absolute Gasteiger partial charge is 0.251 e. The van der Waals surface area contributed by atoms with E-state index in [1.807, 2.05) is 13.8 Å². The topological polar surface area (TPSA) is 89.3 Å². The molecule has 0 spiro atoms. The lowest BCUT2D eigenvalue weighted by Gasteiger charge is -2.11. The van der Waals surface area contributed by atoms with E-state index >= 15 is 0 Å². The van der Waals surface area contributed by atoms with Gasteiger partial charge in [-0.25, -0.2) is 13.4 Å². The van der Waals surface area contributed by atoms with Gasteiger partial charge in [-0.2, -0.15) is 0 Å². The Labute approximate surface area is 170 Å². The van der Waals surface area contributed by atoms with Gasteiger partial charge in [0.25, 0.3) is 5.91 Å². The Morgan fingerprint density at radius 1 is 1.10 bits per heavy atom. The first-order valence-corrected chi connectivity index (χ1v) is 11.1. The van der Waals surface area contributed by atoms with Gasteiger partial charge >= 0.3 is 0 Å². The normalized spacial score (nSPS) is 12.5. The molecule has 1 heterocycles. The number of rotatable bonds is 7. The van der Waals surface area contributed by atoms with Crippen LogP contribution in [0, 0.1) is 6.92 Å². The molecule has 1 aromatic heterocycles. The Kier molecular flexibility index (Phi) is 6.17. The molecule has 3 rings (SSSR count). The predicted octanol–water partition coefficient (Wildman–Crippen LogP) is 4.15. The minimum Gasteiger partial charge on any atom is -0.441 e. The van der Waals surface area contributed by atoms with Crippen molar-refractivity contribution in [2.24, 2.45) is 0 Å². The van der Waals surface area contributed by atoms with E-state index in [1.54, 1.807) is 61.5 Å². The highest BCUT2D eigenvalue weighted by Gasteiger charge is 2.21. The van der Waals surface area contributed by atoms with Gasteiger partial charge in [-0.05, 0) is 56.7 Å². The van der Waals surface area contributed by atoms with Crippen molar-refractivity contribution in [1.82, 2.24) is 10.3 Å². The number of oxazole rings is 1. The number of nitrogens with one attached hydrogen (secondary N) is 1. The van der Waals surface area contributed by atoms with Gasteiger partial charge in [-0.3, -0.25) is 4.79 Å². The van der Waals surface area contributed by atoms with E-state index in [2.05, 4.69) is 10.3 Å². The zero-order valence-corrected chi connectivity index (χ0v) is 17.5. The maximum Gasteiger partial charge on any atom is 0.251 e. The second kappa shape index (κ2) is 8.61. The summed E-state index contributed by atoms with van der Waals surface area (Å²) in [6.07, 6.45) is 0.855. The SMILES string of the molecule is CCC(C)NC(=O)c1ccc(-c2nc(CS(=O)(=O)c3ccccc3)c(C)o2)cc1. The molecule has 152 valence electrons. The molecule has 1 atom stereocenters. The molecular formula is C22H24N2O4S. The number of nitrogens with zero attached hydrogens (tertiary/aromatic N) is 1. The molecule has 29 heavy (non-hydrogen) atoms. The number of aryl methyl sites for hydroxylation is 1. The summed E-state index contributed by atoms with van der Waals surface area (Å²) in [5.74, 6) is 0.415. The molecule has 1 unspecified atom stereocenters. The van der Waals surface area contributed by atoms with Crippen LogP contribution in [0.25, 0.3) is 11.5 Å². The van der Waals surface area contributed by atoms with Crippen LogP contribution in [0.5, 0.6) is 0 Å². The van der Waals surface area contributed by atoms with E-state index in [0.29, 0.717) is 28.5 Å². The standard InChI is InChI=1S/C22H24N2O4S/c1-4-15(2)23-21(25)17-10-12-18(13-11-17)22-24-20(16(3)28-22)14-29(26,27)19-8-6-5-7-9-19/h5-13,15H,4,14H2,1-3H3,(H,23,25). The lowest BCUT2D eigenvalue weighted by atomic mass is 10.1. The maximum atomic E-state index is 12.6. The zero-order chi connectivity index (χ0) is 21.0. The number of sulfone groups is 1. The quantitative estimate of drug-likeness (QED) is 0.630. The number of carbonyl (C=O) groups excluding carboxylic acids is 1. The minimum absolute atomic E-state index is 0.102. The van der Waals surface area contributed by atoms with Gasteiger partial charge in [0.1, 0.15) is 11.5 Å².